The maximum absolute atomic E-state index is 12.2. The molecule has 2 N–H and O–H groups in total. The summed E-state index contributed by atoms with van der Waals surface area (Å²) in [5.41, 5.74) is 2.60. The van der Waals surface area contributed by atoms with E-state index in [9.17, 15) is 4.79 Å². The first-order valence-electron chi connectivity index (χ1n) is 6.51. The van der Waals surface area contributed by atoms with Crippen LogP contribution in [-0.2, 0) is 0 Å². The van der Waals surface area contributed by atoms with Crippen molar-refractivity contribution in [3.8, 4) is 11.3 Å². The molecule has 0 fully saturated rings. The summed E-state index contributed by atoms with van der Waals surface area (Å²) >= 11 is 9.36. The Morgan fingerprint density at radius 3 is 2.73 bits per heavy atom. The van der Waals surface area contributed by atoms with Crippen molar-refractivity contribution in [1.29, 1.82) is 0 Å². The van der Waals surface area contributed by atoms with Crippen molar-refractivity contribution in [1.82, 2.24) is 10.2 Å². The normalized spacial score (nSPS) is 10.5. The number of hydrogen-bond donors (Lipinski definition) is 2. The van der Waals surface area contributed by atoms with Crippen LogP contribution in [0.25, 0.3) is 11.3 Å². The summed E-state index contributed by atoms with van der Waals surface area (Å²) in [6.45, 7) is 0. The molecule has 0 atom stereocenters. The third-order valence-electron chi connectivity index (χ3n) is 3.06. The first kappa shape index (κ1) is 14.8. The number of amides is 1. The second-order valence-electron chi connectivity index (χ2n) is 4.61. The fourth-order valence-corrected chi connectivity index (χ4v) is 2.56. The zero-order valence-electron chi connectivity index (χ0n) is 11.3. The first-order chi connectivity index (χ1) is 10.6. The maximum Gasteiger partial charge on any atom is 0.273 e. The van der Waals surface area contributed by atoms with Crippen molar-refractivity contribution in [2.75, 3.05) is 5.32 Å². The van der Waals surface area contributed by atoms with E-state index in [4.69, 9.17) is 11.6 Å². The van der Waals surface area contributed by atoms with E-state index >= 15 is 0 Å². The minimum atomic E-state index is -0.257. The molecule has 0 aliphatic heterocycles. The van der Waals surface area contributed by atoms with Gasteiger partial charge in [0.25, 0.3) is 5.91 Å². The van der Waals surface area contributed by atoms with E-state index in [1.54, 1.807) is 18.2 Å². The molecule has 3 rings (SSSR count). The molecule has 3 aromatic rings. The van der Waals surface area contributed by atoms with Crippen molar-refractivity contribution in [2.24, 2.45) is 0 Å². The Balaban J connectivity index is 1.82. The monoisotopic (exact) mass is 375 g/mol. The third kappa shape index (κ3) is 3.21. The van der Waals surface area contributed by atoms with Gasteiger partial charge >= 0.3 is 0 Å². The number of nitrogens with zero attached hydrogens (tertiary/aromatic N) is 1. The largest absolute Gasteiger partial charge is 0.320 e. The van der Waals surface area contributed by atoms with E-state index in [1.807, 2.05) is 36.4 Å². The van der Waals surface area contributed by atoms with Gasteiger partial charge in [-0.15, -0.1) is 0 Å². The average molecular weight is 377 g/mol. The van der Waals surface area contributed by atoms with Crippen molar-refractivity contribution < 1.29 is 4.79 Å². The van der Waals surface area contributed by atoms with Crippen molar-refractivity contribution in [2.45, 2.75) is 0 Å². The molecule has 1 heterocycles. The number of carbonyl (C=O) groups excluding carboxylic acids is 1. The Kier molecular flexibility index (Phi) is 4.27. The van der Waals surface area contributed by atoms with Gasteiger partial charge in [0.1, 0.15) is 5.69 Å². The van der Waals surface area contributed by atoms with Gasteiger partial charge in [-0.1, -0.05) is 35.9 Å². The second kappa shape index (κ2) is 6.34. The van der Waals surface area contributed by atoms with Gasteiger partial charge in [0.15, 0.2) is 0 Å². The van der Waals surface area contributed by atoms with E-state index < -0.39 is 0 Å². The number of nitrogens with one attached hydrogen (secondary N) is 2. The van der Waals surface area contributed by atoms with Crippen LogP contribution < -0.4 is 5.32 Å². The molecule has 6 heteroatoms. The number of para-hydroxylation sites is 1. The quantitative estimate of drug-likeness (QED) is 0.693. The van der Waals surface area contributed by atoms with Gasteiger partial charge in [-0.05, 0) is 46.3 Å². The Bertz CT molecular complexity index is 832. The van der Waals surface area contributed by atoms with E-state index in [0.29, 0.717) is 22.1 Å². The maximum atomic E-state index is 12.2. The summed E-state index contributed by atoms with van der Waals surface area (Å²) in [6, 6.07) is 16.4. The SMILES string of the molecule is O=C(Nc1ccccc1Br)c1cc(-c2cccc(Cl)c2)n[nH]1. The van der Waals surface area contributed by atoms with Gasteiger partial charge in [-0.2, -0.15) is 5.10 Å². The fraction of sp³-hybridized carbons (Fsp3) is 0. The predicted octanol–water partition coefficient (Wildman–Crippen LogP) is 4.74. The van der Waals surface area contributed by atoms with Gasteiger partial charge in [-0.25, -0.2) is 0 Å². The highest BCUT2D eigenvalue weighted by Gasteiger charge is 2.12. The highest BCUT2D eigenvalue weighted by atomic mass is 79.9. The van der Waals surface area contributed by atoms with Gasteiger partial charge < -0.3 is 5.32 Å². The number of hydrogen-bond acceptors (Lipinski definition) is 2. The van der Waals surface area contributed by atoms with Crippen LogP contribution in [0.15, 0.2) is 59.1 Å². The standard InChI is InChI=1S/C16H11BrClN3O/c17-12-6-1-2-7-13(12)19-16(22)15-9-14(20-21-15)10-4-3-5-11(18)8-10/h1-9H,(H,19,22)(H,20,21). The zero-order valence-corrected chi connectivity index (χ0v) is 13.6. The number of anilines is 1. The van der Waals surface area contributed by atoms with Crippen LogP contribution >= 0.6 is 27.5 Å². The van der Waals surface area contributed by atoms with Crippen LogP contribution in [0.3, 0.4) is 0 Å². The topological polar surface area (TPSA) is 57.8 Å². The molecule has 0 aliphatic carbocycles. The molecule has 4 nitrogen and oxygen atoms in total. The van der Waals surface area contributed by atoms with Gasteiger partial charge in [0, 0.05) is 15.1 Å². The van der Waals surface area contributed by atoms with E-state index in [2.05, 4.69) is 31.4 Å². The van der Waals surface area contributed by atoms with Gasteiger partial charge in [0.2, 0.25) is 0 Å². The molecule has 0 unspecified atom stereocenters. The molecule has 1 amide bonds. The molecular formula is C16H11BrClN3O. The van der Waals surface area contributed by atoms with E-state index in [0.717, 1.165) is 10.0 Å². The van der Waals surface area contributed by atoms with E-state index in [-0.39, 0.29) is 5.91 Å². The summed E-state index contributed by atoms with van der Waals surface area (Å²) in [7, 11) is 0. The number of benzene rings is 2. The van der Waals surface area contributed by atoms with Crippen LogP contribution in [0.5, 0.6) is 0 Å². The highest BCUT2D eigenvalue weighted by molar-refractivity contribution is 9.10. The summed E-state index contributed by atoms with van der Waals surface area (Å²) in [4.78, 5) is 12.2. The van der Waals surface area contributed by atoms with Gasteiger partial charge in [0.05, 0.1) is 11.4 Å². The van der Waals surface area contributed by atoms with Crippen LogP contribution in [-0.4, -0.2) is 16.1 Å². The minimum absolute atomic E-state index is 0.257. The predicted molar refractivity (Wildman–Crippen MR) is 91.1 cm³/mol. The van der Waals surface area contributed by atoms with Crippen molar-refractivity contribution in [3.63, 3.8) is 0 Å². The second-order valence-corrected chi connectivity index (χ2v) is 5.90. The Morgan fingerprint density at radius 1 is 1.14 bits per heavy atom. The summed E-state index contributed by atoms with van der Waals surface area (Å²) < 4.78 is 0.818. The molecule has 0 aliphatic rings. The third-order valence-corrected chi connectivity index (χ3v) is 3.99. The van der Waals surface area contributed by atoms with Crippen LogP contribution in [0.2, 0.25) is 5.02 Å². The highest BCUT2D eigenvalue weighted by Crippen LogP contribution is 2.23. The molecular weight excluding hydrogens is 366 g/mol. The molecule has 0 saturated carbocycles. The lowest BCUT2D eigenvalue weighted by molar-refractivity contribution is 0.102. The number of halogens is 2. The Morgan fingerprint density at radius 2 is 1.95 bits per heavy atom. The fourth-order valence-electron chi connectivity index (χ4n) is 1.99. The van der Waals surface area contributed by atoms with E-state index in [1.165, 1.54) is 0 Å². The molecule has 110 valence electrons. The molecule has 0 spiro atoms. The molecule has 2 aromatic carbocycles. The van der Waals surface area contributed by atoms with Crippen molar-refractivity contribution >= 4 is 39.1 Å². The number of H-pyrrole nitrogens is 1. The van der Waals surface area contributed by atoms with Crippen molar-refractivity contribution in [3.05, 3.63) is 69.8 Å². The number of aromatic amines is 1. The number of carbonyl (C=O) groups is 1. The van der Waals surface area contributed by atoms with Crippen LogP contribution in [0.4, 0.5) is 5.69 Å². The number of aromatic nitrogens is 2. The first-order valence-corrected chi connectivity index (χ1v) is 7.68. The lowest BCUT2D eigenvalue weighted by Crippen LogP contribution is -2.12. The molecule has 0 saturated heterocycles. The molecule has 22 heavy (non-hydrogen) atoms. The Hall–Kier alpha value is -2.11. The Labute approximate surface area is 140 Å². The lowest BCUT2D eigenvalue weighted by Gasteiger charge is -2.05. The summed E-state index contributed by atoms with van der Waals surface area (Å²) in [6.07, 6.45) is 0. The minimum Gasteiger partial charge on any atom is -0.320 e. The molecule has 0 radical (unpaired) electrons. The zero-order chi connectivity index (χ0) is 15.5. The van der Waals surface area contributed by atoms with Crippen LogP contribution in [0.1, 0.15) is 10.5 Å². The lowest BCUT2D eigenvalue weighted by atomic mass is 10.1. The smallest absolute Gasteiger partial charge is 0.273 e. The number of rotatable bonds is 3. The summed E-state index contributed by atoms with van der Waals surface area (Å²) in [5.74, 6) is -0.257. The van der Waals surface area contributed by atoms with Gasteiger partial charge in [-0.3, -0.25) is 9.89 Å². The molecule has 0 bridgehead atoms. The molecule has 1 aromatic heterocycles. The summed E-state index contributed by atoms with van der Waals surface area (Å²) in [5, 5.41) is 10.3. The van der Waals surface area contributed by atoms with Crippen LogP contribution in [0, 0.1) is 0 Å². The average Bonchev–Trinajstić information content (AvgIpc) is 2.99.